The van der Waals surface area contributed by atoms with Crippen LogP contribution in [0.2, 0.25) is 0 Å². The largest absolute Gasteiger partial charge is 0.467 e. The molecule has 0 aliphatic rings. The van der Waals surface area contributed by atoms with Crippen LogP contribution in [0.15, 0.2) is 102 Å². The Morgan fingerprint density at radius 1 is 0.938 bits per heavy atom. The minimum absolute atomic E-state index is 0.0562. The van der Waals surface area contributed by atoms with Crippen LogP contribution in [-0.4, -0.2) is 19.2 Å². The highest BCUT2D eigenvalue weighted by atomic mass is 79.9. The van der Waals surface area contributed by atoms with Crippen molar-refractivity contribution in [1.82, 2.24) is 4.90 Å². The van der Waals surface area contributed by atoms with Crippen LogP contribution < -0.4 is 0 Å². The normalized spacial score (nSPS) is 11.4. The number of sulfone groups is 1. The summed E-state index contributed by atoms with van der Waals surface area (Å²) >= 11 is 3.29. The highest BCUT2D eigenvalue weighted by Crippen LogP contribution is 2.25. The van der Waals surface area contributed by atoms with Gasteiger partial charge < -0.3 is 13.7 Å². The summed E-state index contributed by atoms with van der Waals surface area (Å²) in [5, 5.41) is -0.281. The van der Waals surface area contributed by atoms with Gasteiger partial charge in [-0.3, -0.25) is 4.79 Å². The number of hydrogen-bond acceptors (Lipinski definition) is 5. The molecule has 2 aromatic heterocycles. The fraction of sp³-hybridized carbons (Fsp3) is 0.125. The van der Waals surface area contributed by atoms with Crippen molar-refractivity contribution < 1.29 is 22.0 Å². The molecule has 0 aliphatic carbocycles. The molecule has 0 spiro atoms. The van der Waals surface area contributed by atoms with E-state index in [1.165, 1.54) is 24.3 Å². The molecule has 4 rings (SSSR count). The van der Waals surface area contributed by atoms with Crippen molar-refractivity contribution in [2.24, 2.45) is 0 Å². The molecule has 0 radical (unpaired) electrons. The lowest BCUT2D eigenvalue weighted by Gasteiger charge is -2.21. The van der Waals surface area contributed by atoms with Crippen molar-refractivity contribution in [2.75, 3.05) is 0 Å². The van der Waals surface area contributed by atoms with Crippen molar-refractivity contribution in [3.8, 4) is 0 Å². The van der Waals surface area contributed by atoms with Crippen LogP contribution in [0.4, 0.5) is 0 Å². The summed E-state index contributed by atoms with van der Waals surface area (Å²) in [6.45, 7) is 2.52. The van der Waals surface area contributed by atoms with Crippen LogP contribution in [0, 0.1) is 6.92 Å². The maximum absolute atomic E-state index is 13.3. The lowest BCUT2D eigenvalue weighted by Crippen LogP contribution is -2.29. The van der Waals surface area contributed by atoms with Gasteiger partial charge in [-0.1, -0.05) is 45.8 Å². The van der Waals surface area contributed by atoms with Gasteiger partial charge in [0.25, 0.3) is 5.91 Å². The van der Waals surface area contributed by atoms with Crippen molar-refractivity contribution in [2.45, 2.75) is 30.0 Å². The highest BCUT2D eigenvalue weighted by molar-refractivity contribution is 9.10. The van der Waals surface area contributed by atoms with Crippen LogP contribution in [0.5, 0.6) is 0 Å². The number of rotatable bonds is 7. The Morgan fingerprint density at radius 3 is 2.31 bits per heavy atom. The summed E-state index contributed by atoms with van der Waals surface area (Å²) in [6.07, 6.45) is 1.54. The summed E-state index contributed by atoms with van der Waals surface area (Å²) in [5.74, 6) is 0.123. The Labute approximate surface area is 194 Å². The molecule has 2 aromatic carbocycles. The van der Waals surface area contributed by atoms with Gasteiger partial charge in [-0.25, -0.2) is 8.42 Å². The van der Waals surface area contributed by atoms with Crippen molar-refractivity contribution in [3.05, 3.63) is 106 Å². The first-order chi connectivity index (χ1) is 15.3. The van der Waals surface area contributed by atoms with Gasteiger partial charge in [0.1, 0.15) is 5.76 Å². The molecule has 164 valence electrons. The second-order valence-electron chi connectivity index (χ2n) is 7.30. The Hall–Kier alpha value is -3.10. The van der Waals surface area contributed by atoms with E-state index in [4.69, 9.17) is 8.83 Å². The molecular weight excluding hydrogens is 494 g/mol. The van der Waals surface area contributed by atoms with Gasteiger partial charge in [-0.2, -0.15) is 0 Å². The van der Waals surface area contributed by atoms with Gasteiger partial charge in [0, 0.05) is 11.0 Å². The zero-order chi connectivity index (χ0) is 22.7. The minimum atomic E-state index is -3.88. The standard InChI is InChI=1S/C24H20BrNO5S/c1-17-4-6-18(7-5-17)15-26(16-20-3-2-14-30-20)24(27)22-12-13-23(31-22)32(28,29)21-10-8-19(25)9-11-21/h2-14H,15-16H2,1H3. The summed E-state index contributed by atoms with van der Waals surface area (Å²) in [5.41, 5.74) is 2.05. The third-order valence-corrected chi connectivity index (χ3v) is 7.06. The predicted molar refractivity (Wildman–Crippen MR) is 122 cm³/mol. The fourth-order valence-electron chi connectivity index (χ4n) is 3.17. The lowest BCUT2D eigenvalue weighted by molar-refractivity contribution is 0.0679. The maximum Gasteiger partial charge on any atom is 0.290 e. The van der Waals surface area contributed by atoms with E-state index in [-0.39, 0.29) is 22.3 Å². The van der Waals surface area contributed by atoms with Crippen LogP contribution in [0.25, 0.3) is 0 Å². The molecule has 0 bridgehead atoms. The van der Waals surface area contributed by atoms with E-state index in [1.807, 2.05) is 31.2 Å². The molecule has 4 aromatic rings. The second kappa shape index (κ2) is 9.18. The van der Waals surface area contributed by atoms with Crippen LogP contribution in [0.1, 0.15) is 27.4 Å². The molecule has 0 atom stereocenters. The van der Waals surface area contributed by atoms with Crippen molar-refractivity contribution in [3.63, 3.8) is 0 Å². The SMILES string of the molecule is Cc1ccc(CN(Cc2ccco2)C(=O)c2ccc(S(=O)(=O)c3ccc(Br)cc3)o2)cc1. The molecule has 1 amide bonds. The number of hydrogen-bond donors (Lipinski definition) is 0. The molecule has 0 N–H and O–H groups in total. The van der Waals surface area contributed by atoms with E-state index >= 15 is 0 Å². The molecule has 8 heteroatoms. The van der Waals surface area contributed by atoms with Gasteiger partial charge in [0.15, 0.2) is 5.76 Å². The van der Waals surface area contributed by atoms with E-state index in [9.17, 15) is 13.2 Å². The number of nitrogens with zero attached hydrogens (tertiary/aromatic N) is 1. The number of carbonyl (C=O) groups is 1. The third-order valence-electron chi connectivity index (χ3n) is 4.89. The van der Waals surface area contributed by atoms with Crippen LogP contribution >= 0.6 is 15.9 Å². The average Bonchev–Trinajstić information content (AvgIpc) is 3.47. The Balaban J connectivity index is 1.61. The van der Waals surface area contributed by atoms with Crippen molar-refractivity contribution in [1.29, 1.82) is 0 Å². The average molecular weight is 514 g/mol. The molecule has 0 unspecified atom stereocenters. The van der Waals surface area contributed by atoms with Gasteiger partial charge in [-0.05, 0) is 61.0 Å². The molecular formula is C24H20BrNO5S. The highest BCUT2D eigenvalue weighted by Gasteiger charge is 2.26. The first-order valence-corrected chi connectivity index (χ1v) is 12.1. The number of aryl methyl sites for hydroxylation is 1. The van der Waals surface area contributed by atoms with E-state index in [0.29, 0.717) is 12.3 Å². The predicted octanol–water partition coefficient (Wildman–Crippen LogP) is 5.62. The number of halogens is 1. The molecule has 0 saturated heterocycles. The minimum Gasteiger partial charge on any atom is -0.467 e. The van der Waals surface area contributed by atoms with E-state index in [1.54, 1.807) is 35.4 Å². The lowest BCUT2D eigenvalue weighted by atomic mass is 10.1. The number of carbonyl (C=O) groups excluding carboxylic acids is 1. The quantitative estimate of drug-likeness (QED) is 0.320. The van der Waals surface area contributed by atoms with Crippen LogP contribution in [0.3, 0.4) is 0 Å². The summed E-state index contributed by atoms with van der Waals surface area (Å²) in [7, 11) is -3.88. The van der Waals surface area contributed by atoms with E-state index < -0.39 is 15.7 Å². The van der Waals surface area contributed by atoms with Gasteiger partial charge in [0.05, 0.1) is 17.7 Å². The van der Waals surface area contributed by atoms with Gasteiger partial charge in [-0.15, -0.1) is 0 Å². The Morgan fingerprint density at radius 2 is 1.66 bits per heavy atom. The number of amides is 1. The summed E-state index contributed by atoms with van der Waals surface area (Å²) in [6, 6.07) is 20.3. The smallest absolute Gasteiger partial charge is 0.290 e. The number of furan rings is 2. The second-order valence-corrected chi connectivity index (χ2v) is 10.1. The van der Waals surface area contributed by atoms with Crippen LogP contribution in [-0.2, 0) is 22.9 Å². The summed E-state index contributed by atoms with van der Waals surface area (Å²) in [4.78, 5) is 14.9. The monoisotopic (exact) mass is 513 g/mol. The zero-order valence-electron chi connectivity index (χ0n) is 17.2. The summed E-state index contributed by atoms with van der Waals surface area (Å²) < 4.78 is 37.5. The topological polar surface area (TPSA) is 80.7 Å². The number of benzene rings is 2. The molecule has 0 fully saturated rings. The molecule has 6 nitrogen and oxygen atoms in total. The van der Waals surface area contributed by atoms with E-state index in [0.717, 1.165) is 15.6 Å². The maximum atomic E-state index is 13.3. The van der Waals surface area contributed by atoms with E-state index in [2.05, 4.69) is 15.9 Å². The molecule has 2 heterocycles. The van der Waals surface area contributed by atoms with Gasteiger partial charge >= 0.3 is 0 Å². The fourth-order valence-corrected chi connectivity index (χ4v) is 4.61. The molecule has 32 heavy (non-hydrogen) atoms. The molecule has 0 aliphatic heterocycles. The van der Waals surface area contributed by atoms with Crippen molar-refractivity contribution >= 4 is 31.7 Å². The molecule has 0 saturated carbocycles. The third kappa shape index (κ3) is 4.87. The Bertz CT molecular complexity index is 1310. The first-order valence-electron chi connectivity index (χ1n) is 9.80. The Kier molecular flexibility index (Phi) is 6.34. The zero-order valence-corrected chi connectivity index (χ0v) is 19.6. The first kappa shape index (κ1) is 22.1. The van der Waals surface area contributed by atoms with Gasteiger partial charge in [0.2, 0.25) is 14.9 Å².